The Balaban J connectivity index is 2.03. The number of carbonyl (C=O) groups is 1. The van der Waals surface area contributed by atoms with Crippen LogP contribution in [0.5, 0.6) is 0 Å². The van der Waals surface area contributed by atoms with Gasteiger partial charge in [0.05, 0.1) is 10.8 Å². The Morgan fingerprint density at radius 1 is 1.22 bits per heavy atom. The number of rotatable bonds is 4. The second-order valence-corrected chi connectivity index (χ2v) is 5.32. The Hall–Kier alpha value is -1.03. The van der Waals surface area contributed by atoms with E-state index in [1.165, 1.54) is 11.8 Å². The molecule has 2 nitrogen and oxygen atoms in total. The lowest BCUT2D eigenvalue weighted by molar-refractivity contribution is 0.102. The minimum absolute atomic E-state index is 0.00391. The largest absolute Gasteiger partial charge is 0.293 e. The number of Topliss-reactive ketones (excluding diaryl/α,β-unsaturated/α-hetero) is 1. The van der Waals surface area contributed by atoms with Gasteiger partial charge in [0.2, 0.25) is 0 Å². The summed E-state index contributed by atoms with van der Waals surface area (Å²) in [6.45, 7) is 0. The van der Waals surface area contributed by atoms with Crippen molar-refractivity contribution >= 4 is 40.7 Å². The first-order valence-corrected chi connectivity index (χ1v) is 6.93. The van der Waals surface area contributed by atoms with E-state index in [9.17, 15) is 4.79 Å². The Bertz CT molecular complexity index is 574. The molecule has 5 heteroatoms. The molecule has 0 N–H and O–H groups in total. The van der Waals surface area contributed by atoms with Crippen LogP contribution in [0.15, 0.2) is 47.6 Å². The molecular formula is C13H9Cl2NOS. The highest BCUT2D eigenvalue weighted by Crippen LogP contribution is 2.25. The first-order chi connectivity index (χ1) is 8.66. The molecule has 0 atom stereocenters. The summed E-state index contributed by atoms with van der Waals surface area (Å²) in [5, 5.41) is 1.78. The topological polar surface area (TPSA) is 30.0 Å². The van der Waals surface area contributed by atoms with Gasteiger partial charge in [-0.2, -0.15) is 0 Å². The fourth-order valence-corrected chi connectivity index (χ4v) is 2.61. The van der Waals surface area contributed by atoms with E-state index in [-0.39, 0.29) is 11.5 Å². The van der Waals surface area contributed by atoms with Crippen LogP contribution in [0.1, 0.15) is 10.4 Å². The second-order valence-electron chi connectivity index (χ2n) is 3.51. The lowest BCUT2D eigenvalue weighted by Gasteiger charge is -2.03. The van der Waals surface area contributed by atoms with Crippen LogP contribution in [0.2, 0.25) is 10.0 Å². The van der Waals surface area contributed by atoms with Gasteiger partial charge in [-0.1, -0.05) is 47.1 Å². The van der Waals surface area contributed by atoms with E-state index in [0.717, 1.165) is 0 Å². The van der Waals surface area contributed by atoms with Crippen LogP contribution in [0.3, 0.4) is 0 Å². The van der Waals surface area contributed by atoms with Gasteiger partial charge in [0.25, 0.3) is 0 Å². The smallest absolute Gasteiger partial charge is 0.173 e. The molecule has 0 aliphatic carbocycles. The minimum atomic E-state index is 0.00391. The van der Waals surface area contributed by atoms with Gasteiger partial charge >= 0.3 is 0 Å². The van der Waals surface area contributed by atoms with Crippen molar-refractivity contribution < 1.29 is 4.79 Å². The van der Waals surface area contributed by atoms with E-state index in [4.69, 9.17) is 23.2 Å². The van der Waals surface area contributed by atoms with Crippen LogP contribution in [-0.4, -0.2) is 16.5 Å². The highest BCUT2D eigenvalue weighted by molar-refractivity contribution is 8.00. The molecule has 1 heterocycles. The van der Waals surface area contributed by atoms with E-state index in [2.05, 4.69) is 4.98 Å². The molecule has 0 saturated heterocycles. The van der Waals surface area contributed by atoms with Gasteiger partial charge in [-0.25, -0.2) is 4.98 Å². The fourth-order valence-electron chi connectivity index (χ4n) is 1.36. The number of thioether (sulfide) groups is 1. The lowest BCUT2D eigenvalue weighted by atomic mass is 10.1. The molecule has 92 valence electrons. The number of ketones is 1. The summed E-state index contributed by atoms with van der Waals surface area (Å²) in [6.07, 6.45) is 1.65. The van der Waals surface area contributed by atoms with Crippen molar-refractivity contribution in [3.05, 3.63) is 58.2 Å². The Labute approximate surface area is 119 Å². The number of hydrogen-bond donors (Lipinski definition) is 0. The average molecular weight is 298 g/mol. The number of carbonyl (C=O) groups excluding carboxylic acids is 1. The molecule has 0 aliphatic heterocycles. The number of hydrogen-bond acceptors (Lipinski definition) is 3. The van der Waals surface area contributed by atoms with Crippen molar-refractivity contribution in [1.29, 1.82) is 0 Å². The van der Waals surface area contributed by atoms with Crippen molar-refractivity contribution in [3.63, 3.8) is 0 Å². The average Bonchev–Trinajstić information content (AvgIpc) is 2.37. The number of halogens is 2. The minimum Gasteiger partial charge on any atom is -0.293 e. The molecule has 0 radical (unpaired) electrons. The number of benzene rings is 1. The Morgan fingerprint density at radius 2 is 2.06 bits per heavy atom. The molecule has 0 amide bonds. The highest BCUT2D eigenvalue weighted by atomic mass is 35.5. The molecule has 2 aromatic rings. The molecule has 1 aromatic heterocycles. The van der Waals surface area contributed by atoms with Crippen LogP contribution in [0.25, 0.3) is 0 Å². The van der Waals surface area contributed by atoms with Crippen LogP contribution in [0.4, 0.5) is 0 Å². The quantitative estimate of drug-likeness (QED) is 0.620. The first-order valence-electron chi connectivity index (χ1n) is 5.19. The molecule has 2 rings (SSSR count). The summed E-state index contributed by atoms with van der Waals surface area (Å²) in [6, 6.07) is 10.4. The molecule has 0 spiro atoms. The number of aromatic nitrogens is 1. The molecule has 0 saturated carbocycles. The van der Waals surface area contributed by atoms with Crippen LogP contribution >= 0.6 is 35.0 Å². The molecular weight excluding hydrogens is 289 g/mol. The Morgan fingerprint density at radius 3 is 2.78 bits per heavy atom. The maximum atomic E-state index is 11.9. The van der Waals surface area contributed by atoms with Crippen molar-refractivity contribution in [2.45, 2.75) is 5.03 Å². The van der Waals surface area contributed by atoms with Gasteiger partial charge in [0.1, 0.15) is 5.03 Å². The predicted octanol–water partition coefficient (Wildman–Crippen LogP) is 4.36. The van der Waals surface area contributed by atoms with E-state index >= 15 is 0 Å². The molecule has 18 heavy (non-hydrogen) atoms. The normalized spacial score (nSPS) is 10.3. The van der Waals surface area contributed by atoms with Crippen molar-refractivity contribution in [2.24, 2.45) is 0 Å². The van der Waals surface area contributed by atoms with Crippen molar-refractivity contribution in [1.82, 2.24) is 4.98 Å². The van der Waals surface area contributed by atoms with Crippen molar-refractivity contribution in [2.75, 3.05) is 5.75 Å². The standard InChI is InChI=1S/C13H9Cl2NOS/c14-10-4-1-3-9(7-10)12(17)8-18-13-11(15)5-2-6-16-13/h1-7H,8H2. The van der Waals surface area contributed by atoms with Gasteiger partial charge in [-0.3, -0.25) is 4.79 Å². The molecule has 1 aromatic carbocycles. The van der Waals surface area contributed by atoms with Gasteiger partial charge in [-0.05, 0) is 24.3 Å². The lowest BCUT2D eigenvalue weighted by Crippen LogP contribution is -2.02. The maximum Gasteiger partial charge on any atom is 0.173 e. The van der Waals surface area contributed by atoms with Crippen molar-refractivity contribution in [3.8, 4) is 0 Å². The third-order valence-corrected chi connectivity index (χ3v) is 3.87. The monoisotopic (exact) mass is 297 g/mol. The molecule has 0 fully saturated rings. The van der Waals surface area contributed by atoms with Gasteiger partial charge < -0.3 is 0 Å². The molecule has 0 bridgehead atoms. The van der Waals surface area contributed by atoms with Crippen LogP contribution < -0.4 is 0 Å². The van der Waals surface area contributed by atoms with Crippen LogP contribution in [-0.2, 0) is 0 Å². The van der Waals surface area contributed by atoms with Gasteiger partial charge in [0, 0.05) is 16.8 Å². The molecule has 0 aliphatic rings. The summed E-state index contributed by atoms with van der Waals surface area (Å²) < 4.78 is 0. The zero-order valence-corrected chi connectivity index (χ0v) is 11.6. The van der Waals surface area contributed by atoms with E-state index in [1.54, 1.807) is 42.6 Å². The maximum absolute atomic E-state index is 11.9. The third kappa shape index (κ3) is 3.48. The number of nitrogens with zero attached hydrogens (tertiary/aromatic N) is 1. The van der Waals surface area contributed by atoms with Crippen LogP contribution in [0, 0.1) is 0 Å². The third-order valence-electron chi connectivity index (χ3n) is 2.21. The van der Waals surface area contributed by atoms with Gasteiger partial charge in [-0.15, -0.1) is 0 Å². The summed E-state index contributed by atoms with van der Waals surface area (Å²) >= 11 is 13.1. The number of pyridine rings is 1. The summed E-state index contributed by atoms with van der Waals surface area (Å²) in [4.78, 5) is 16.0. The van der Waals surface area contributed by atoms with E-state index in [1.807, 2.05) is 0 Å². The van der Waals surface area contributed by atoms with Gasteiger partial charge in [0.15, 0.2) is 5.78 Å². The van der Waals surface area contributed by atoms with E-state index in [0.29, 0.717) is 20.6 Å². The predicted molar refractivity (Wildman–Crippen MR) is 75.8 cm³/mol. The zero-order chi connectivity index (χ0) is 13.0. The molecule has 0 unspecified atom stereocenters. The zero-order valence-electron chi connectivity index (χ0n) is 9.27. The Kier molecular flexibility index (Phi) is 4.64. The first kappa shape index (κ1) is 13.4. The highest BCUT2D eigenvalue weighted by Gasteiger charge is 2.09. The summed E-state index contributed by atoms with van der Waals surface area (Å²) in [5.41, 5.74) is 0.599. The SMILES string of the molecule is O=C(CSc1ncccc1Cl)c1cccc(Cl)c1. The van der Waals surface area contributed by atoms with E-state index < -0.39 is 0 Å². The summed E-state index contributed by atoms with van der Waals surface area (Å²) in [7, 11) is 0. The second kappa shape index (κ2) is 6.23. The summed E-state index contributed by atoms with van der Waals surface area (Å²) in [5.74, 6) is 0.293. The fraction of sp³-hybridized carbons (Fsp3) is 0.0769.